The fraction of sp³-hybridized carbons (Fsp3) is 0.533. The molecule has 1 fully saturated rings. The second-order valence-corrected chi connectivity index (χ2v) is 6.45. The highest BCUT2D eigenvalue weighted by Crippen LogP contribution is 2.19. The molecule has 1 saturated heterocycles. The molecule has 1 aromatic rings. The predicted octanol–water partition coefficient (Wildman–Crippen LogP) is 0.995. The van der Waals surface area contributed by atoms with Crippen molar-refractivity contribution in [2.75, 3.05) is 32.1 Å². The summed E-state index contributed by atoms with van der Waals surface area (Å²) in [6.45, 7) is 1.17. The molecule has 2 unspecified atom stereocenters. The number of halogens is 1. The third-order valence-corrected chi connectivity index (χ3v) is 4.22. The van der Waals surface area contributed by atoms with E-state index in [-0.39, 0.29) is 24.3 Å². The van der Waals surface area contributed by atoms with Crippen LogP contribution in [-0.2, 0) is 14.3 Å². The lowest BCUT2D eigenvalue weighted by molar-refractivity contribution is -0.136. The van der Waals surface area contributed by atoms with E-state index in [1.54, 1.807) is 17.2 Å². The van der Waals surface area contributed by atoms with Crippen molar-refractivity contribution >= 4 is 33.6 Å². The van der Waals surface area contributed by atoms with Crippen molar-refractivity contribution in [1.29, 1.82) is 0 Å². The molecule has 2 atom stereocenters. The number of nitrogens with two attached hydrogens (primary N) is 1. The highest BCUT2D eigenvalue weighted by Gasteiger charge is 2.30. The number of methoxy groups -OCH3 is 1. The number of aromatic nitrogens is 1. The molecule has 0 aromatic carbocycles. The smallest absolute Gasteiger partial charge is 0.241 e. The van der Waals surface area contributed by atoms with Crippen molar-refractivity contribution in [3.8, 4) is 0 Å². The van der Waals surface area contributed by atoms with E-state index in [4.69, 9.17) is 10.5 Å². The molecule has 7 nitrogen and oxygen atoms in total. The van der Waals surface area contributed by atoms with E-state index in [0.717, 1.165) is 17.3 Å². The lowest BCUT2D eigenvalue weighted by Crippen LogP contribution is -2.51. The van der Waals surface area contributed by atoms with E-state index in [0.29, 0.717) is 18.9 Å². The SMILES string of the molecule is COCC(N)C(=O)N1CCCC(C(=O)Nc2ccc(Br)cn2)C1. The predicted molar refractivity (Wildman–Crippen MR) is 89.7 cm³/mol. The van der Waals surface area contributed by atoms with Crippen molar-refractivity contribution in [3.05, 3.63) is 22.8 Å². The van der Waals surface area contributed by atoms with Crippen LogP contribution in [0.5, 0.6) is 0 Å². The molecule has 0 bridgehead atoms. The molecule has 0 aliphatic carbocycles. The number of hydrogen-bond acceptors (Lipinski definition) is 5. The molecule has 1 aliphatic rings. The van der Waals surface area contributed by atoms with Crippen LogP contribution in [0.15, 0.2) is 22.8 Å². The fourth-order valence-corrected chi connectivity index (χ4v) is 2.79. The van der Waals surface area contributed by atoms with E-state index in [1.807, 2.05) is 6.07 Å². The molecule has 2 heterocycles. The maximum absolute atomic E-state index is 12.4. The third-order valence-electron chi connectivity index (χ3n) is 3.75. The molecule has 126 valence electrons. The number of carbonyl (C=O) groups is 2. The molecule has 1 aromatic heterocycles. The summed E-state index contributed by atoms with van der Waals surface area (Å²) in [4.78, 5) is 30.4. The summed E-state index contributed by atoms with van der Waals surface area (Å²) in [5, 5.41) is 2.79. The first-order valence-corrected chi connectivity index (χ1v) is 8.26. The number of amides is 2. The Morgan fingerprint density at radius 1 is 1.57 bits per heavy atom. The van der Waals surface area contributed by atoms with Crippen molar-refractivity contribution in [2.24, 2.45) is 11.7 Å². The van der Waals surface area contributed by atoms with Gasteiger partial charge in [-0.3, -0.25) is 9.59 Å². The number of rotatable bonds is 5. The van der Waals surface area contributed by atoms with Gasteiger partial charge in [0.1, 0.15) is 11.9 Å². The maximum atomic E-state index is 12.4. The highest BCUT2D eigenvalue weighted by molar-refractivity contribution is 9.10. The van der Waals surface area contributed by atoms with Crippen molar-refractivity contribution < 1.29 is 14.3 Å². The Hall–Kier alpha value is -1.51. The van der Waals surface area contributed by atoms with Crippen LogP contribution in [0.3, 0.4) is 0 Å². The number of piperidine rings is 1. The Morgan fingerprint density at radius 2 is 2.35 bits per heavy atom. The molecular weight excluding hydrogens is 364 g/mol. The minimum atomic E-state index is -0.685. The van der Waals surface area contributed by atoms with Crippen LogP contribution < -0.4 is 11.1 Å². The highest BCUT2D eigenvalue weighted by atomic mass is 79.9. The van der Waals surface area contributed by atoms with E-state index in [9.17, 15) is 9.59 Å². The number of anilines is 1. The monoisotopic (exact) mass is 384 g/mol. The minimum Gasteiger partial charge on any atom is -0.383 e. The van der Waals surface area contributed by atoms with Gasteiger partial charge in [0.05, 0.1) is 12.5 Å². The summed E-state index contributed by atoms with van der Waals surface area (Å²) < 4.78 is 5.76. The molecule has 0 spiro atoms. The number of ether oxygens (including phenoxy) is 1. The summed E-state index contributed by atoms with van der Waals surface area (Å²) in [7, 11) is 1.50. The molecule has 2 amide bonds. The number of pyridine rings is 1. The summed E-state index contributed by atoms with van der Waals surface area (Å²) in [6, 6.07) is 2.85. The van der Waals surface area contributed by atoms with E-state index in [1.165, 1.54) is 7.11 Å². The van der Waals surface area contributed by atoms with Gasteiger partial charge in [0.25, 0.3) is 0 Å². The topological polar surface area (TPSA) is 97.5 Å². The van der Waals surface area contributed by atoms with E-state index >= 15 is 0 Å². The summed E-state index contributed by atoms with van der Waals surface area (Å²) in [5.74, 6) is -0.0608. The second kappa shape index (κ2) is 8.37. The summed E-state index contributed by atoms with van der Waals surface area (Å²) >= 11 is 3.30. The van der Waals surface area contributed by atoms with Crippen molar-refractivity contribution in [1.82, 2.24) is 9.88 Å². The van der Waals surface area contributed by atoms with Crippen LogP contribution in [0, 0.1) is 5.92 Å². The number of nitrogens with one attached hydrogen (secondary N) is 1. The van der Waals surface area contributed by atoms with Gasteiger partial charge in [0.2, 0.25) is 11.8 Å². The van der Waals surface area contributed by atoms with Gasteiger partial charge in [-0.15, -0.1) is 0 Å². The normalized spacial score (nSPS) is 19.3. The standard InChI is InChI=1S/C15H21BrN4O3/c1-23-9-12(17)15(22)20-6-2-3-10(8-20)14(21)19-13-5-4-11(16)7-18-13/h4-5,7,10,12H,2-3,6,8-9,17H2,1H3,(H,18,19,21). The maximum Gasteiger partial charge on any atom is 0.241 e. The molecule has 2 rings (SSSR count). The van der Waals surface area contributed by atoms with Gasteiger partial charge in [-0.2, -0.15) is 0 Å². The zero-order chi connectivity index (χ0) is 16.8. The molecule has 0 saturated carbocycles. The summed E-state index contributed by atoms with van der Waals surface area (Å²) in [6.07, 6.45) is 3.14. The zero-order valence-electron chi connectivity index (χ0n) is 13.0. The van der Waals surface area contributed by atoms with Crippen LogP contribution in [0.4, 0.5) is 5.82 Å². The Bertz CT molecular complexity index is 552. The lowest BCUT2D eigenvalue weighted by atomic mass is 9.96. The van der Waals surface area contributed by atoms with Crippen LogP contribution >= 0.6 is 15.9 Å². The molecule has 1 aliphatic heterocycles. The minimum absolute atomic E-state index is 0.127. The van der Waals surface area contributed by atoms with Gasteiger partial charge in [-0.1, -0.05) is 0 Å². The van der Waals surface area contributed by atoms with Crippen LogP contribution in [0.1, 0.15) is 12.8 Å². The first kappa shape index (κ1) is 17.8. The Morgan fingerprint density at radius 3 is 3.00 bits per heavy atom. The molecular formula is C15H21BrN4O3. The molecule has 3 N–H and O–H groups in total. The van der Waals surface area contributed by atoms with Gasteiger partial charge in [-0.05, 0) is 40.9 Å². The lowest BCUT2D eigenvalue weighted by Gasteiger charge is -2.33. The first-order valence-electron chi connectivity index (χ1n) is 7.47. The quantitative estimate of drug-likeness (QED) is 0.788. The van der Waals surface area contributed by atoms with E-state index < -0.39 is 6.04 Å². The van der Waals surface area contributed by atoms with Gasteiger partial charge in [-0.25, -0.2) is 4.98 Å². The van der Waals surface area contributed by atoms with Gasteiger partial charge in [0.15, 0.2) is 0 Å². The first-order chi connectivity index (χ1) is 11.0. The Balaban J connectivity index is 1.93. The van der Waals surface area contributed by atoms with E-state index in [2.05, 4.69) is 26.2 Å². The molecule has 8 heteroatoms. The largest absolute Gasteiger partial charge is 0.383 e. The van der Waals surface area contributed by atoms with Crippen molar-refractivity contribution in [3.63, 3.8) is 0 Å². The second-order valence-electron chi connectivity index (χ2n) is 5.54. The van der Waals surface area contributed by atoms with Crippen LogP contribution in [-0.4, -0.2) is 54.5 Å². The average molecular weight is 385 g/mol. The Kier molecular flexibility index (Phi) is 6.49. The number of hydrogen-bond donors (Lipinski definition) is 2. The Labute approximate surface area is 143 Å². The number of nitrogens with zero attached hydrogens (tertiary/aromatic N) is 2. The number of carbonyl (C=O) groups excluding carboxylic acids is 2. The third kappa shape index (κ3) is 4.98. The molecule has 23 heavy (non-hydrogen) atoms. The van der Waals surface area contributed by atoms with Crippen LogP contribution in [0.25, 0.3) is 0 Å². The van der Waals surface area contributed by atoms with Gasteiger partial charge < -0.3 is 20.7 Å². The average Bonchev–Trinajstić information content (AvgIpc) is 2.56. The van der Waals surface area contributed by atoms with Crippen molar-refractivity contribution in [2.45, 2.75) is 18.9 Å². The molecule has 0 radical (unpaired) electrons. The number of likely N-dealkylation sites (tertiary alicyclic amines) is 1. The zero-order valence-corrected chi connectivity index (χ0v) is 14.6. The van der Waals surface area contributed by atoms with Crippen LogP contribution in [0.2, 0.25) is 0 Å². The summed E-state index contributed by atoms with van der Waals surface area (Å²) in [5.41, 5.74) is 5.79. The van der Waals surface area contributed by atoms with Gasteiger partial charge in [0, 0.05) is 30.9 Å². The van der Waals surface area contributed by atoms with Gasteiger partial charge >= 0.3 is 0 Å². The fourth-order valence-electron chi connectivity index (χ4n) is 2.55.